The summed E-state index contributed by atoms with van der Waals surface area (Å²) in [7, 11) is -1.10. The first-order valence-electron chi connectivity index (χ1n) is 4.58. The van der Waals surface area contributed by atoms with E-state index in [1.807, 2.05) is 35.9 Å². The summed E-state index contributed by atoms with van der Waals surface area (Å²) in [4.78, 5) is 0. The number of nitrogens with zero attached hydrogens (tertiary/aromatic N) is 2. The summed E-state index contributed by atoms with van der Waals surface area (Å²) in [5.74, 6) is 0.0222. The van der Waals surface area contributed by atoms with E-state index in [0.29, 0.717) is 0 Å². The average molecular weight is 225 g/mol. The number of fused-ring (bicyclic) bond motifs is 1. The van der Waals surface area contributed by atoms with Crippen molar-refractivity contribution in [3.8, 4) is 0 Å². The summed E-state index contributed by atoms with van der Waals surface area (Å²) in [6.45, 7) is 0. The molecule has 2 aromatic rings. The normalized spacial score (nSPS) is 12.1. The van der Waals surface area contributed by atoms with Crippen LogP contribution in [0, 0.1) is 0 Å². The molecule has 0 unspecified atom stereocenters. The molecule has 80 valence electrons. The molecule has 0 aliphatic heterocycles. The number of para-hydroxylation sites is 2. The Kier molecular flexibility index (Phi) is 2.26. The zero-order chi connectivity index (χ0) is 11.1. The highest BCUT2D eigenvalue weighted by atomic mass is 32.2. The smallest absolute Gasteiger partial charge is 0.233 e. The molecule has 0 amide bonds. The number of benzene rings is 1. The summed E-state index contributed by atoms with van der Waals surface area (Å²) >= 11 is 0. The zero-order valence-electron chi connectivity index (χ0n) is 8.71. The van der Waals surface area contributed by atoms with E-state index in [0.717, 1.165) is 11.0 Å². The van der Waals surface area contributed by atoms with Gasteiger partial charge in [0, 0.05) is 6.26 Å². The van der Waals surface area contributed by atoms with Crippen molar-refractivity contribution in [2.45, 2.75) is 5.88 Å². The number of aryl methyl sites for hydroxylation is 1. The summed E-state index contributed by atoms with van der Waals surface area (Å²) in [6.07, 6.45) is 3.04. The first kappa shape index (κ1) is 10.2. The minimum atomic E-state index is -3.01. The molecule has 1 aromatic carbocycles. The van der Waals surface area contributed by atoms with Crippen molar-refractivity contribution in [2.75, 3.05) is 6.26 Å². The molecule has 1 heterocycles. The van der Waals surface area contributed by atoms with Crippen LogP contribution in [-0.4, -0.2) is 19.2 Å². The van der Waals surface area contributed by atoms with Gasteiger partial charge in [-0.05, 0) is 12.1 Å². The predicted molar refractivity (Wildman–Crippen MR) is 58.0 cm³/mol. The van der Waals surface area contributed by atoms with E-state index in [2.05, 4.69) is 0 Å². The average Bonchev–Trinajstić information content (AvgIpc) is 2.42. The van der Waals surface area contributed by atoms with Crippen LogP contribution < -0.4 is 4.57 Å². The maximum Gasteiger partial charge on any atom is 0.245 e. The molecule has 0 bridgehead atoms. The van der Waals surface area contributed by atoms with Crippen LogP contribution in [0.3, 0.4) is 0 Å². The minimum Gasteiger partial charge on any atom is -0.233 e. The summed E-state index contributed by atoms with van der Waals surface area (Å²) in [5, 5.41) is 0. The van der Waals surface area contributed by atoms with Gasteiger partial charge in [-0.3, -0.25) is 0 Å². The van der Waals surface area contributed by atoms with Crippen LogP contribution in [0.25, 0.3) is 11.0 Å². The Morgan fingerprint density at radius 3 is 2.67 bits per heavy atom. The van der Waals surface area contributed by atoms with Crippen LogP contribution in [0.2, 0.25) is 0 Å². The van der Waals surface area contributed by atoms with E-state index in [1.165, 1.54) is 6.26 Å². The second-order valence-electron chi connectivity index (χ2n) is 3.74. The van der Waals surface area contributed by atoms with Gasteiger partial charge in [0.15, 0.2) is 26.7 Å². The number of hydrogen-bond acceptors (Lipinski definition) is 2. The fourth-order valence-corrected chi connectivity index (χ4v) is 2.41. The Morgan fingerprint density at radius 1 is 1.33 bits per heavy atom. The summed E-state index contributed by atoms with van der Waals surface area (Å²) < 4.78 is 26.1. The van der Waals surface area contributed by atoms with Crippen LogP contribution in [0.1, 0.15) is 0 Å². The lowest BCUT2D eigenvalue weighted by Gasteiger charge is -1.94. The van der Waals surface area contributed by atoms with Crippen LogP contribution in [0.15, 0.2) is 30.6 Å². The number of sulfone groups is 1. The van der Waals surface area contributed by atoms with E-state index < -0.39 is 9.84 Å². The van der Waals surface area contributed by atoms with Crippen LogP contribution >= 0.6 is 0 Å². The predicted octanol–water partition coefficient (Wildman–Crippen LogP) is 0.468. The third-order valence-electron chi connectivity index (χ3n) is 2.26. The van der Waals surface area contributed by atoms with Crippen molar-refractivity contribution in [3.05, 3.63) is 30.6 Å². The van der Waals surface area contributed by atoms with Gasteiger partial charge in [0.05, 0.1) is 7.05 Å². The van der Waals surface area contributed by atoms with Gasteiger partial charge in [0.1, 0.15) is 0 Å². The van der Waals surface area contributed by atoms with E-state index in [-0.39, 0.29) is 5.88 Å². The van der Waals surface area contributed by atoms with Crippen molar-refractivity contribution in [1.29, 1.82) is 0 Å². The number of aromatic nitrogens is 2. The van der Waals surface area contributed by atoms with Gasteiger partial charge in [-0.15, -0.1) is 0 Å². The molecule has 1 aromatic heterocycles. The second kappa shape index (κ2) is 3.34. The highest BCUT2D eigenvalue weighted by molar-refractivity contribution is 7.89. The lowest BCUT2D eigenvalue weighted by Crippen LogP contribution is -2.25. The molecule has 2 rings (SSSR count). The third kappa shape index (κ3) is 2.02. The largest absolute Gasteiger partial charge is 0.245 e. The van der Waals surface area contributed by atoms with Crippen molar-refractivity contribution in [2.24, 2.45) is 7.05 Å². The maximum absolute atomic E-state index is 11.2. The molecule has 15 heavy (non-hydrogen) atoms. The fraction of sp³-hybridized carbons (Fsp3) is 0.300. The number of hydrogen-bond donors (Lipinski definition) is 0. The molecule has 0 fully saturated rings. The van der Waals surface area contributed by atoms with E-state index in [4.69, 9.17) is 0 Å². The summed E-state index contributed by atoms with van der Waals surface area (Å²) in [5.41, 5.74) is 1.96. The van der Waals surface area contributed by atoms with E-state index in [9.17, 15) is 8.42 Å². The lowest BCUT2D eigenvalue weighted by molar-refractivity contribution is -0.645. The molecule has 0 radical (unpaired) electrons. The van der Waals surface area contributed by atoms with Crippen molar-refractivity contribution in [1.82, 2.24) is 4.57 Å². The monoisotopic (exact) mass is 225 g/mol. The lowest BCUT2D eigenvalue weighted by atomic mass is 10.3. The Morgan fingerprint density at radius 2 is 2.00 bits per heavy atom. The van der Waals surface area contributed by atoms with Gasteiger partial charge in [-0.25, -0.2) is 17.6 Å². The quantitative estimate of drug-likeness (QED) is 0.697. The van der Waals surface area contributed by atoms with Gasteiger partial charge in [-0.1, -0.05) is 12.1 Å². The van der Waals surface area contributed by atoms with E-state index >= 15 is 0 Å². The van der Waals surface area contributed by atoms with Crippen LogP contribution in [0.4, 0.5) is 0 Å². The Bertz CT molecular complexity index is 599. The zero-order valence-corrected chi connectivity index (χ0v) is 9.53. The van der Waals surface area contributed by atoms with Gasteiger partial charge >= 0.3 is 0 Å². The molecule has 0 aliphatic carbocycles. The van der Waals surface area contributed by atoms with E-state index in [1.54, 1.807) is 10.9 Å². The van der Waals surface area contributed by atoms with Gasteiger partial charge in [0.25, 0.3) is 0 Å². The fourth-order valence-electron chi connectivity index (χ4n) is 1.69. The molecule has 0 atom stereocenters. The molecule has 0 spiro atoms. The molecule has 0 aliphatic rings. The molecular weight excluding hydrogens is 212 g/mol. The minimum absolute atomic E-state index is 0.0222. The molecule has 0 saturated carbocycles. The van der Waals surface area contributed by atoms with Crippen molar-refractivity contribution in [3.63, 3.8) is 0 Å². The first-order chi connectivity index (χ1) is 6.97. The summed E-state index contributed by atoms with van der Waals surface area (Å²) in [6, 6.07) is 7.73. The topological polar surface area (TPSA) is 43.0 Å². The molecule has 0 N–H and O–H groups in total. The highest BCUT2D eigenvalue weighted by Crippen LogP contribution is 2.10. The number of imidazole rings is 1. The second-order valence-corrected chi connectivity index (χ2v) is 5.85. The Labute approximate surface area is 88.7 Å². The number of rotatable bonds is 2. The third-order valence-corrected chi connectivity index (χ3v) is 3.00. The van der Waals surface area contributed by atoms with Crippen molar-refractivity contribution < 1.29 is 13.0 Å². The van der Waals surface area contributed by atoms with Gasteiger partial charge in [-0.2, -0.15) is 0 Å². The van der Waals surface area contributed by atoms with Crippen molar-refractivity contribution >= 4 is 20.9 Å². The Balaban J connectivity index is 2.62. The maximum atomic E-state index is 11.2. The SMILES string of the molecule is C[n+]1cn(CS(C)(=O)=O)c2ccccc21. The molecule has 4 nitrogen and oxygen atoms in total. The van der Waals surface area contributed by atoms with Gasteiger partial charge < -0.3 is 0 Å². The first-order valence-corrected chi connectivity index (χ1v) is 6.65. The van der Waals surface area contributed by atoms with Crippen LogP contribution in [0.5, 0.6) is 0 Å². The highest BCUT2D eigenvalue weighted by Gasteiger charge is 2.15. The molecule has 5 heteroatoms. The molecular formula is C10H13N2O2S+. The molecule has 0 saturated heterocycles. The Hall–Kier alpha value is -1.36. The standard InChI is InChI=1S/C10H13N2O2S/c1-11-7-12(8-15(2,13)14)10-6-4-3-5-9(10)11/h3-7H,8H2,1-2H3/q+1. The van der Waals surface area contributed by atoms with Gasteiger partial charge in [0.2, 0.25) is 6.33 Å². The van der Waals surface area contributed by atoms with Crippen LogP contribution in [-0.2, 0) is 22.8 Å².